The van der Waals surface area contributed by atoms with E-state index in [2.05, 4.69) is 15.6 Å². The summed E-state index contributed by atoms with van der Waals surface area (Å²) >= 11 is 0. The van der Waals surface area contributed by atoms with Crippen LogP contribution < -0.4 is 10.6 Å². The number of guanidine groups is 1. The number of rotatable bonds is 5. The lowest BCUT2D eigenvalue weighted by molar-refractivity contribution is 0.581. The molecule has 0 aliphatic carbocycles. The summed E-state index contributed by atoms with van der Waals surface area (Å²) in [5.74, 6) is -0.0205. The highest BCUT2D eigenvalue weighted by Crippen LogP contribution is 2.10. The van der Waals surface area contributed by atoms with E-state index in [1.807, 2.05) is 20.8 Å². The molecule has 0 saturated heterocycles. The molecule has 1 rings (SSSR count). The number of hydrogen-bond acceptors (Lipinski definition) is 2. The molecule has 0 spiro atoms. The molecule has 0 amide bonds. The second-order valence-electron chi connectivity index (χ2n) is 5.75. The molecule has 0 bridgehead atoms. The quantitative estimate of drug-likeness (QED) is 0.405. The maximum atomic E-state index is 13.5. The zero-order chi connectivity index (χ0) is 16.8. The molecule has 1 aromatic carbocycles. The van der Waals surface area contributed by atoms with Crippen molar-refractivity contribution in [1.82, 2.24) is 10.6 Å². The van der Waals surface area contributed by atoms with Crippen molar-refractivity contribution in [3.05, 3.63) is 35.4 Å². The van der Waals surface area contributed by atoms with Crippen LogP contribution in [0.3, 0.4) is 0 Å². The van der Waals surface area contributed by atoms with Gasteiger partial charge in [0.15, 0.2) is 5.96 Å². The third-order valence-electron chi connectivity index (χ3n) is 2.94. The monoisotopic (exact) mass is 459 g/mol. The highest BCUT2D eigenvalue weighted by atomic mass is 127. The lowest BCUT2D eigenvalue weighted by atomic mass is 10.2. The Kier molecular flexibility index (Phi) is 9.83. The summed E-state index contributed by atoms with van der Waals surface area (Å²) in [7, 11) is 0.624. The first-order valence-corrected chi connectivity index (χ1v) is 8.33. The van der Waals surface area contributed by atoms with Crippen molar-refractivity contribution in [2.45, 2.75) is 32.1 Å². The van der Waals surface area contributed by atoms with Gasteiger partial charge < -0.3 is 10.6 Å². The number of aliphatic imine (C=N–C) groups is 1. The molecular formula is C15H24F2IN3OS. The average Bonchev–Trinajstić information content (AvgIpc) is 2.44. The first-order chi connectivity index (χ1) is 10.2. The van der Waals surface area contributed by atoms with Gasteiger partial charge in [0.25, 0.3) is 0 Å². The summed E-state index contributed by atoms with van der Waals surface area (Å²) in [6.07, 6.45) is 0. The summed E-state index contributed by atoms with van der Waals surface area (Å²) in [5, 5.41) is 5.91. The van der Waals surface area contributed by atoms with Crippen LogP contribution in [-0.2, 0) is 17.3 Å². The van der Waals surface area contributed by atoms with E-state index < -0.39 is 22.4 Å². The topological polar surface area (TPSA) is 53.5 Å². The van der Waals surface area contributed by atoms with Gasteiger partial charge in [0.2, 0.25) is 0 Å². The van der Waals surface area contributed by atoms with Crippen LogP contribution in [0, 0.1) is 11.6 Å². The summed E-state index contributed by atoms with van der Waals surface area (Å²) < 4.78 is 38.2. The lowest BCUT2D eigenvalue weighted by Gasteiger charge is -2.18. The van der Waals surface area contributed by atoms with E-state index in [1.54, 1.807) is 7.05 Å². The molecule has 4 nitrogen and oxygen atoms in total. The van der Waals surface area contributed by atoms with Gasteiger partial charge in [-0.3, -0.25) is 9.20 Å². The van der Waals surface area contributed by atoms with Crippen molar-refractivity contribution in [2.75, 3.05) is 19.3 Å². The van der Waals surface area contributed by atoms with E-state index in [1.165, 1.54) is 0 Å². The molecule has 0 saturated carbocycles. The van der Waals surface area contributed by atoms with Gasteiger partial charge in [-0.05, 0) is 39.0 Å². The van der Waals surface area contributed by atoms with Crippen molar-refractivity contribution < 1.29 is 13.0 Å². The third-order valence-corrected chi connectivity index (χ3v) is 4.88. The molecule has 1 aromatic rings. The molecule has 8 heteroatoms. The van der Waals surface area contributed by atoms with E-state index in [-0.39, 0.29) is 40.8 Å². The fourth-order valence-electron chi connectivity index (χ4n) is 1.65. The van der Waals surface area contributed by atoms with Crippen LogP contribution in [0.1, 0.15) is 26.3 Å². The molecule has 23 heavy (non-hydrogen) atoms. The van der Waals surface area contributed by atoms with Gasteiger partial charge in [-0.25, -0.2) is 8.78 Å². The molecule has 0 aliphatic rings. The molecule has 0 heterocycles. The van der Waals surface area contributed by atoms with Gasteiger partial charge in [0, 0.05) is 47.0 Å². The Morgan fingerprint density at radius 3 is 2.48 bits per heavy atom. The van der Waals surface area contributed by atoms with Crippen molar-refractivity contribution in [3.8, 4) is 0 Å². The van der Waals surface area contributed by atoms with E-state index in [4.69, 9.17) is 0 Å². The Morgan fingerprint density at radius 2 is 1.91 bits per heavy atom. The Hall–Kier alpha value is -0.770. The van der Waals surface area contributed by atoms with Crippen molar-refractivity contribution in [1.29, 1.82) is 0 Å². The largest absolute Gasteiger partial charge is 0.355 e. The molecule has 1 atom stereocenters. The normalized spacial score (nSPS) is 13.2. The van der Waals surface area contributed by atoms with Crippen LogP contribution >= 0.6 is 24.0 Å². The first-order valence-electron chi connectivity index (χ1n) is 7.01. The number of halogens is 3. The lowest BCUT2D eigenvalue weighted by Crippen LogP contribution is -2.40. The molecule has 2 N–H and O–H groups in total. The minimum Gasteiger partial charge on any atom is -0.355 e. The minimum absolute atomic E-state index is 0. The molecular weight excluding hydrogens is 435 g/mol. The maximum absolute atomic E-state index is 13.5. The van der Waals surface area contributed by atoms with Crippen LogP contribution in [0.5, 0.6) is 0 Å². The third kappa shape index (κ3) is 8.05. The number of nitrogens with zero attached hydrogens (tertiary/aromatic N) is 1. The average molecular weight is 459 g/mol. The summed E-state index contributed by atoms with van der Waals surface area (Å²) in [4.78, 5) is 3.99. The standard InChI is InChI=1S/C15H23F2N3OS.HI/c1-15(2,3)22(21)8-7-19-14(18-4)20-10-11-9-12(16)5-6-13(11)17;/h5-6,9H,7-8,10H2,1-4H3,(H2,18,19,20);1H. The van der Waals surface area contributed by atoms with Crippen LogP contribution in [0.2, 0.25) is 0 Å². The maximum Gasteiger partial charge on any atom is 0.191 e. The molecule has 0 fully saturated rings. The Balaban J connectivity index is 0.00000484. The van der Waals surface area contributed by atoms with E-state index in [0.717, 1.165) is 18.2 Å². The molecule has 0 aliphatic heterocycles. The highest BCUT2D eigenvalue weighted by Gasteiger charge is 2.18. The first kappa shape index (κ1) is 22.2. The number of hydrogen-bond donors (Lipinski definition) is 2. The predicted molar refractivity (Wildman–Crippen MR) is 103 cm³/mol. The van der Waals surface area contributed by atoms with Crippen LogP contribution in [0.15, 0.2) is 23.2 Å². The molecule has 132 valence electrons. The number of benzene rings is 1. The van der Waals surface area contributed by atoms with Gasteiger partial charge in [0.05, 0.1) is 0 Å². The van der Waals surface area contributed by atoms with E-state index in [9.17, 15) is 13.0 Å². The van der Waals surface area contributed by atoms with Crippen molar-refractivity contribution >= 4 is 40.7 Å². The van der Waals surface area contributed by atoms with Gasteiger partial charge in [-0.1, -0.05) is 0 Å². The highest BCUT2D eigenvalue weighted by molar-refractivity contribution is 14.0. The second-order valence-corrected chi connectivity index (χ2v) is 8.07. The fraction of sp³-hybridized carbons (Fsp3) is 0.533. The van der Waals surface area contributed by atoms with Gasteiger partial charge >= 0.3 is 0 Å². The Morgan fingerprint density at radius 1 is 1.26 bits per heavy atom. The van der Waals surface area contributed by atoms with Gasteiger partial charge in [-0.15, -0.1) is 24.0 Å². The van der Waals surface area contributed by atoms with E-state index in [0.29, 0.717) is 18.3 Å². The fourth-order valence-corrected chi connectivity index (χ4v) is 2.55. The SMILES string of the molecule is CN=C(NCCS(=O)C(C)(C)C)NCc1cc(F)ccc1F.I. The predicted octanol–water partition coefficient (Wildman–Crippen LogP) is 2.80. The number of nitrogens with one attached hydrogen (secondary N) is 2. The molecule has 0 aromatic heterocycles. The molecule has 1 unspecified atom stereocenters. The summed E-state index contributed by atoms with van der Waals surface area (Å²) in [5.41, 5.74) is 0.223. The Bertz CT molecular complexity index is 562. The van der Waals surface area contributed by atoms with Crippen LogP contribution in [0.4, 0.5) is 8.78 Å². The van der Waals surface area contributed by atoms with Crippen LogP contribution in [0.25, 0.3) is 0 Å². The van der Waals surface area contributed by atoms with Gasteiger partial charge in [-0.2, -0.15) is 0 Å². The Labute approximate surface area is 156 Å². The zero-order valence-electron chi connectivity index (χ0n) is 13.8. The molecule has 0 radical (unpaired) electrons. The zero-order valence-corrected chi connectivity index (χ0v) is 16.9. The summed E-state index contributed by atoms with van der Waals surface area (Å²) in [6, 6.07) is 3.31. The smallest absolute Gasteiger partial charge is 0.191 e. The van der Waals surface area contributed by atoms with Crippen molar-refractivity contribution in [3.63, 3.8) is 0 Å². The van der Waals surface area contributed by atoms with Crippen LogP contribution in [-0.4, -0.2) is 34.3 Å². The minimum atomic E-state index is -0.957. The van der Waals surface area contributed by atoms with E-state index >= 15 is 0 Å². The van der Waals surface area contributed by atoms with Crippen molar-refractivity contribution in [2.24, 2.45) is 4.99 Å². The summed E-state index contributed by atoms with van der Waals surface area (Å²) in [6.45, 7) is 6.36. The van der Waals surface area contributed by atoms with Gasteiger partial charge in [0.1, 0.15) is 11.6 Å². The second kappa shape index (κ2) is 10.2.